The van der Waals surface area contributed by atoms with E-state index in [1.54, 1.807) is 12.1 Å². The number of halogens is 2. The number of benzene rings is 1. The molecular formula is C21H17Cl2NO2S2. The van der Waals surface area contributed by atoms with Crippen molar-refractivity contribution in [3.8, 4) is 11.3 Å². The number of hydrogen-bond acceptors (Lipinski definition) is 4. The van der Waals surface area contributed by atoms with Gasteiger partial charge in [-0.2, -0.15) is 0 Å². The van der Waals surface area contributed by atoms with Crippen molar-refractivity contribution in [2.75, 3.05) is 0 Å². The van der Waals surface area contributed by atoms with Gasteiger partial charge in [0.05, 0.1) is 20.8 Å². The highest BCUT2D eigenvalue weighted by Gasteiger charge is 2.55. The van der Waals surface area contributed by atoms with Gasteiger partial charge in [0.2, 0.25) is 0 Å². The number of thioether (sulfide) groups is 1. The Labute approximate surface area is 180 Å². The SMILES string of the molecule is O=c1[nH]c2c(s1)C(c1ccc(-c3cc(Cl)ccc3Cl)o1)C1C3CCC(C3)C1S2. The molecule has 7 heteroatoms. The first-order valence-corrected chi connectivity index (χ1v) is 12.0. The fraction of sp³-hybridized carbons (Fsp3) is 0.381. The molecule has 3 heterocycles. The molecule has 2 saturated carbocycles. The van der Waals surface area contributed by atoms with Crippen LogP contribution in [0.5, 0.6) is 0 Å². The molecule has 3 nitrogen and oxygen atoms in total. The van der Waals surface area contributed by atoms with Crippen molar-refractivity contribution >= 4 is 46.3 Å². The molecule has 28 heavy (non-hydrogen) atoms. The second kappa shape index (κ2) is 6.43. The fourth-order valence-electron chi connectivity index (χ4n) is 5.52. The van der Waals surface area contributed by atoms with Crippen molar-refractivity contribution in [3.63, 3.8) is 0 Å². The highest BCUT2D eigenvalue weighted by Crippen LogP contribution is 2.63. The predicted molar refractivity (Wildman–Crippen MR) is 115 cm³/mol. The fourth-order valence-corrected chi connectivity index (χ4v) is 8.78. The standard InChI is InChI=1S/C21H17Cl2NO2S2/c22-11-3-4-13(23)12(8-11)14-5-6-15(26-14)17-16-9-1-2-10(7-9)18(16)27-20-19(17)28-21(25)24-20/h3-6,8-10,16-18H,1-2,7H2,(H,24,25). The topological polar surface area (TPSA) is 46.0 Å². The zero-order valence-electron chi connectivity index (χ0n) is 14.8. The summed E-state index contributed by atoms with van der Waals surface area (Å²) in [5.74, 6) is 3.83. The van der Waals surface area contributed by atoms with Crippen LogP contribution in [0.25, 0.3) is 11.3 Å². The summed E-state index contributed by atoms with van der Waals surface area (Å²) in [5, 5.41) is 2.87. The third-order valence-corrected chi connectivity index (χ3v) is 9.78. The average molecular weight is 450 g/mol. The second-order valence-electron chi connectivity index (χ2n) is 8.00. The summed E-state index contributed by atoms with van der Waals surface area (Å²) in [5.41, 5.74) is 0.803. The lowest BCUT2D eigenvalue weighted by Crippen LogP contribution is -2.33. The number of hydrogen-bond donors (Lipinski definition) is 1. The van der Waals surface area contributed by atoms with E-state index in [9.17, 15) is 4.79 Å². The number of rotatable bonds is 2. The number of H-pyrrole nitrogens is 1. The summed E-state index contributed by atoms with van der Waals surface area (Å²) in [6.45, 7) is 0. The Hall–Kier alpha value is -1.14. The molecule has 5 unspecified atom stereocenters. The summed E-state index contributed by atoms with van der Waals surface area (Å²) in [7, 11) is 0. The Bertz CT molecular complexity index is 1130. The van der Waals surface area contributed by atoms with Gasteiger partial charge in [0.15, 0.2) is 0 Å². The van der Waals surface area contributed by atoms with Crippen LogP contribution in [0.4, 0.5) is 0 Å². The normalized spacial score (nSPS) is 30.4. The molecule has 1 N–H and O–H groups in total. The predicted octanol–water partition coefficient (Wildman–Crippen LogP) is 6.66. The van der Waals surface area contributed by atoms with E-state index in [4.69, 9.17) is 27.6 Å². The minimum Gasteiger partial charge on any atom is -0.460 e. The molecule has 0 saturated heterocycles. The minimum atomic E-state index is 0.0273. The van der Waals surface area contributed by atoms with E-state index in [0.29, 0.717) is 21.2 Å². The molecule has 0 radical (unpaired) electrons. The zero-order chi connectivity index (χ0) is 19.0. The average Bonchev–Trinajstić information content (AvgIpc) is 3.44. The van der Waals surface area contributed by atoms with Gasteiger partial charge in [-0.25, -0.2) is 0 Å². The third kappa shape index (κ3) is 2.59. The maximum Gasteiger partial charge on any atom is 0.305 e. The van der Waals surface area contributed by atoms with Gasteiger partial charge in [0.1, 0.15) is 11.5 Å². The Morgan fingerprint density at radius 3 is 2.86 bits per heavy atom. The number of aromatic amines is 1. The molecule has 2 fully saturated rings. The van der Waals surface area contributed by atoms with Crippen molar-refractivity contribution in [1.82, 2.24) is 4.98 Å². The van der Waals surface area contributed by atoms with Crippen LogP contribution in [-0.4, -0.2) is 10.2 Å². The summed E-state index contributed by atoms with van der Waals surface area (Å²) >= 11 is 15.8. The zero-order valence-corrected chi connectivity index (χ0v) is 17.9. The Kier molecular flexibility index (Phi) is 4.06. The van der Waals surface area contributed by atoms with E-state index in [1.807, 2.05) is 23.9 Å². The third-order valence-electron chi connectivity index (χ3n) is 6.59. The number of aromatic nitrogens is 1. The van der Waals surface area contributed by atoms with Crippen LogP contribution in [0.2, 0.25) is 10.0 Å². The highest BCUT2D eigenvalue weighted by atomic mass is 35.5. The van der Waals surface area contributed by atoms with Crippen molar-refractivity contribution in [2.24, 2.45) is 17.8 Å². The molecule has 2 aliphatic carbocycles. The van der Waals surface area contributed by atoms with Crippen molar-refractivity contribution < 1.29 is 4.42 Å². The quantitative estimate of drug-likeness (QED) is 0.475. The molecule has 0 spiro atoms. The lowest BCUT2D eigenvalue weighted by molar-refractivity contribution is 0.285. The van der Waals surface area contributed by atoms with Crippen LogP contribution in [0.3, 0.4) is 0 Å². The summed E-state index contributed by atoms with van der Waals surface area (Å²) in [4.78, 5) is 16.4. The summed E-state index contributed by atoms with van der Waals surface area (Å²) in [6.07, 6.45) is 3.92. The van der Waals surface area contributed by atoms with E-state index in [1.165, 1.54) is 30.6 Å². The first kappa shape index (κ1) is 17.7. The Morgan fingerprint density at radius 2 is 1.96 bits per heavy atom. The van der Waals surface area contributed by atoms with Gasteiger partial charge in [-0.15, -0.1) is 11.8 Å². The van der Waals surface area contributed by atoms with E-state index in [0.717, 1.165) is 38.8 Å². The van der Waals surface area contributed by atoms with E-state index >= 15 is 0 Å². The Morgan fingerprint density at radius 1 is 1.11 bits per heavy atom. The van der Waals surface area contributed by atoms with E-state index in [-0.39, 0.29) is 10.8 Å². The van der Waals surface area contributed by atoms with E-state index in [2.05, 4.69) is 11.1 Å². The lowest BCUT2D eigenvalue weighted by atomic mass is 9.77. The molecule has 1 aromatic carbocycles. The molecule has 0 amide bonds. The molecule has 3 aliphatic rings. The van der Waals surface area contributed by atoms with Gasteiger partial charge in [0, 0.05) is 15.8 Å². The van der Waals surface area contributed by atoms with Gasteiger partial charge in [-0.05, 0) is 67.3 Å². The van der Waals surface area contributed by atoms with Crippen LogP contribution >= 0.6 is 46.3 Å². The number of nitrogens with one attached hydrogen (secondary N) is 1. The molecule has 2 bridgehead atoms. The maximum atomic E-state index is 12.1. The largest absolute Gasteiger partial charge is 0.460 e. The van der Waals surface area contributed by atoms with Crippen LogP contribution in [0.15, 0.2) is 44.6 Å². The van der Waals surface area contributed by atoms with Crippen molar-refractivity contribution in [3.05, 3.63) is 60.7 Å². The molecule has 6 rings (SSSR count). The van der Waals surface area contributed by atoms with Crippen molar-refractivity contribution in [2.45, 2.75) is 35.5 Å². The highest BCUT2D eigenvalue weighted by molar-refractivity contribution is 8.00. The van der Waals surface area contributed by atoms with Gasteiger partial charge in [0.25, 0.3) is 0 Å². The number of furan rings is 1. The van der Waals surface area contributed by atoms with Crippen LogP contribution in [0, 0.1) is 17.8 Å². The van der Waals surface area contributed by atoms with E-state index < -0.39 is 0 Å². The number of thiazole rings is 1. The van der Waals surface area contributed by atoms with Crippen LogP contribution < -0.4 is 4.87 Å². The lowest BCUT2D eigenvalue weighted by Gasteiger charge is -2.38. The summed E-state index contributed by atoms with van der Waals surface area (Å²) in [6, 6.07) is 9.44. The maximum absolute atomic E-state index is 12.1. The molecular weight excluding hydrogens is 433 g/mol. The van der Waals surface area contributed by atoms with Gasteiger partial charge in [-0.3, -0.25) is 4.79 Å². The van der Waals surface area contributed by atoms with Gasteiger partial charge in [-0.1, -0.05) is 34.5 Å². The number of fused-ring (bicyclic) bond motifs is 6. The molecule has 3 aromatic rings. The monoisotopic (exact) mass is 449 g/mol. The van der Waals surface area contributed by atoms with Gasteiger partial charge < -0.3 is 9.40 Å². The Balaban J connectivity index is 1.47. The molecule has 2 aromatic heterocycles. The van der Waals surface area contributed by atoms with Gasteiger partial charge >= 0.3 is 4.87 Å². The first-order chi connectivity index (χ1) is 13.6. The van der Waals surface area contributed by atoms with Crippen LogP contribution in [-0.2, 0) is 0 Å². The smallest absolute Gasteiger partial charge is 0.305 e. The second-order valence-corrected chi connectivity index (χ2v) is 11.1. The van der Waals surface area contributed by atoms with Crippen molar-refractivity contribution in [1.29, 1.82) is 0 Å². The minimum absolute atomic E-state index is 0.0273. The molecule has 5 atom stereocenters. The summed E-state index contributed by atoms with van der Waals surface area (Å²) < 4.78 is 6.37. The molecule has 144 valence electrons. The van der Waals surface area contributed by atoms with Crippen LogP contribution in [0.1, 0.15) is 35.8 Å². The first-order valence-electron chi connectivity index (χ1n) is 9.53. The molecule has 1 aliphatic heterocycles.